The second-order valence-corrected chi connectivity index (χ2v) is 12.7. The summed E-state index contributed by atoms with van der Waals surface area (Å²) in [7, 11) is 0. The largest absolute Gasteiger partial charge is 0.484 e. The molecule has 41 heavy (non-hydrogen) atoms. The van der Waals surface area contributed by atoms with Crippen LogP contribution in [0.1, 0.15) is 93.9 Å². The first-order valence-electron chi connectivity index (χ1n) is 14.2. The van der Waals surface area contributed by atoms with E-state index in [9.17, 15) is 13.6 Å². The van der Waals surface area contributed by atoms with Crippen LogP contribution in [0.3, 0.4) is 0 Å². The average molecular weight is 566 g/mol. The quantitative estimate of drug-likeness (QED) is 0.261. The van der Waals surface area contributed by atoms with E-state index >= 15 is 0 Å². The zero-order valence-electron chi connectivity index (χ0n) is 24.9. The van der Waals surface area contributed by atoms with Gasteiger partial charge in [-0.15, -0.1) is 0 Å². The Morgan fingerprint density at radius 3 is 2.15 bits per heavy atom. The Hall–Kier alpha value is -3.55. The predicted molar refractivity (Wildman–Crippen MR) is 157 cm³/mol. The van der Waals surface area contributed by atoms with E-state index in [1.54, 1.807) is 20.8 Å². The number of rotatable bonds is 8. The standard InChI is InChI=1S/C33H41F2N3O3/c1-32(2,3)24-12-14-25(15-13-24)38-18-16-22(17-19-38)20-26-36-27(30(34)35)29(40-21-23-10-8-7-9-11-23)28(37-26)31(39)41-33(4,5)6/h7-15,22,30H,16-21H2,1-6H3. The summed E-state index contributed by atoms with van der Waals surface area (Å²) in [6.45, 7) is 13.4. The molecule has 0 amide bonds. The number of benzene rings is 2. The zero-order chi connectivity index (χ0) is 29.8. The molecule has 0 atom stereocenters. The molecule has 0 radical (unpaired) electrons. The number of aromatic nitrogens is 2. The lowest BCUT2D eigenvalue weighted by Gasteiger charge is -2.34. The van der Waals surface area contributed by atoms with Crippen molar-refractivity contribution in [2.75, 3.05) is 18.0 Å². The molecule has 0 N–H and O–H groups in total. The number of alkyl halides is 2. The minimum absolute atomic E-state index is 0.00570. The Balaban J connectivity index is 1.53. The molecule has 2 aromatic carbocycles. The normalized spacial score (nSPS) is 14.8. The van der Waals surface area contributed by atoms with E-state index in [1.807, 2.05) is 30.3 Å². The molecule has 1 aromatic heterocycles. The summed E-state index contributed by atoms with van der Waals surface area (Å²) in [5.41, 5.74) is 1.67. The minimum atomic E-state index is -2.94. The van der Waals surface area contributed by atoms with Gasteiger partial charge >= 0.3 is 5.97 Å². The van der Waals surface area contributed by atoms with Crippen LogP contribution in [0.2, 0.25) is 0 Å². The highest BCUT2D eigenvalue weighted by Crippen LogP contribution is 2.34. The molecule has 6 nitrogen and oxygen atoms in total. The van der Waals surface area contributed by atoms with Gasteiger partial charge in [0.1, 0.15) is 18.0 Å². The number of carbonyl (C=O) groups excluding carboxylic acids is 1. The molecular formula is C33H41F2N3O3. The second kappa shape index (κ2) is 12.5. The lowest BCUT2D eigenvalue weighted by Crippen LogP contribution is -2.34. The van der Waals surface area contributed by atoms with Crippen molar-refractivity contribution in [3.05, 3.63) is 82.9 Å². The van der Waals surface area contributed by atoms with Crippen LogP contribution in [-0.2, 0) is 23.2 Å². The molecule has 1 saturated heterocycles. The molecule has 220 valence electrons. The van der Waals surface area contributed by atoms with E-state index in [0.717, 1.165) is 31.5 Å². The van der Waals surface area contributed by atoms with Crippen LogP contribution in [0.15, 0.2) is 54.6 Å². The third-order valence-corrected chi connectivity index (χ3v) is 7.15. The molecule has 0 saturated carbocycles. The molecule has 0 bridgehead atoms. The van der Waals surface area contributed by atoms with Crippen LogP contribution in [0.5, 0.6) is 5.75 Å². The van der Waals surface area contributed by atoms with Gasteiger partial charge in [-0.1, -0.05) is 63.2 Å². The fourth-order valence-electron chi connectivity index (χ4n) is 4.92. The first-order valence-corrected chi connectivity index (χ1v) is 14.2. The molecule has 3 aromatic rings. The maximum absolute atomic E-state index is 14.3. The third kappa shape index (κ3) is 8.24. The number of esters is 1. The van der Waals surface area contributed by atoms with Gasteiger partial charge < -0.3 is 14.4 Å². The number of piperidine rings is 1. The molecule has 8 heteroatoms. The van der Waals surface area contributed by atoms with E-state index in [1.165, 1.54) is 11.3 Å². The third-order valence-electron chi connectivity index (χ3n) is 7.15. The van der Waals surface area contributed by atoms with Crippen LogP contribution >= 0.6 is 0 Å². The van der Waals surface area contributed by atoms with Gasteiger partial charge in [-0.3, -0.25) is 0 Å². The fourth-order valence-corrected chi connectivity index (χ4v) is 4.92. The van der Waals surface area contributed by atoms with Crippen molar-refractivity contribution in [1.29, 1.82) is 0 Å². The van der Waals surface area contributed by atoms with Gasteiger partial charge in [-0.2, -0.15) is 0 Å². The van der Waals surface area contributed by atoms with Crippen LogP contribution in [-0.4, -0.2) is 34.6 Å². The first-order chi connectivity index (χ1) is 19.3. The van der Waals surface area contributed by atoms with Gasteiger partial charge in [0.25, 0.3) is 6.43 Å². The topological polar surface area (TPSA) is 64.5 Å². The van der Waals surface area contributed by atoms with E-state index in [4.69, 9.17) is 9.47 Å². The van der Waals surface area contributed by atoms with E-state index < -0.39 is 23.7 Å². The zero-order valence-corrected chi connectivity index (χ0v) is 24.9. The predicted octanol–water partition coefficient (Wildman–Crippen LogP) is 7.71. The highest BCUT2D eigenvalue weighted by atomic mass is 19.3. The van der Waals surface area contributed by atoms with Crippen LogP contribution < -0.4 is 9.64 Å². The highest BCUT2D eigenvalue weighted by molar-refractivity contribution is 5.91. The van der Waals surface area contributed by atoms with Crippen molar-refractivity contribution in [3.8, 4) is 5.75 Å². The lowest BCUT2D eigenvalue weighted by atomic mass is 9.87. The summed E-state index contributed by atoms with van der Waals surface area (Å²) in [6, 6.07) is 17.8. The fraction of sp³-hybridized carbons (Fsp3) is 0.485. The molecule has 1 fully saturated rings. The molecule has 0 unspecified atom stereocenters. The molecule has 0 spiro atoms. The monoisotopic (exact) mass is 565 g/mol. The molecule has 0 aliphatic carbocycles. The van der Waals surface area contributed by atoms with Crippen LogP contribution in [0, 0.1) is 5.92 Å². The summed E-state index contributed by atoms with van der Waals surface area (Å²) in [4.78, 5) is 24.2. The number of anilines is 1. The Morgan fingerprint density at radius 1 is 0.951 bits per heavy atom. The summed E-state index contributed by atoms with van der Waals surface area (Å²) in [6.07, 6.45) is -0.822. The molecular weight excluding hydrogens is 524 g/mol. The molecule has 4 rings (SSSR count). The maximum atomic E-state index is 14.3. The smallest absolute Gasteiger partial charge is 0.361 e. The summed E-state index contributed by atoms with van der Waals surface area (Å²) >= 11 is 0. The van der Waals surface area contributed by atoms with Crippen molar-refractivity contribution >= 4 is 11.7 Å². The molecule has 1 aliphatic rings. The lowest BCUT2D eigenvalue weighted by molar-refractivity contribution is 0.00563. The van der Waals surface area contributed by atoms with E-state index in [0.29, 0.717) is 6.42 Å². The second-order valence-electron chi connectivity index (χ2n) is 12.7. The number of hydrogen-bond acceptors (Lipinski definition) is 6. The van der Waals surface area contributed by atoms with Crippen LogP contribution in [0.4, 0.5) is 14.5 Å². The number of ether oxygens (including phenoxy) is 2. The SMILES string of the molecule is CC(C)(C)OC(=O)c1nc(CC2CCN(c3ccc(C(C)(C)C)cc3)CC2)nc(C(F)F)c1OCc1ccccc1. The van der Waals surface area contributed by atoms with Crippen molar-refractivity contribution in [3.63, 3.8) is 0 Å². The summed E-state index contributed by atoms with van der Waals surface area (Å²) < 4.78 is 39.9. The highest BCUT2D eigenvalue weighted by Gasteiger charge is 2.31. The van der Waals surface area contributed by atoms with Crippen molar-refractivity contribution in [2.24, 2.45) is 5.92 Å². The van der Waals surface area contributed by atoms with Gasteiger partial charge in [0.2, 0.25) is 0 Å². The number of hydrogen-bond donors (Lipinski definition) is 0. The van der Waals surface area contributed by atoms with Gasteiger partial charge in [-0.25, -0.2) is 23.5 Å². The number of carbonyl (C=O) groups is 1. The van der Waals surface area contributed by atoms with Gasteiger partial charge in [0, 0.05) is 25.2 Å². The van der Waals surface area contributed by atoms with E-state index in [2.05, 4.69) is 59.9 Å². The maximum Gasteiger partial charge on any atom is 0.361 e. The Bertz CT molecular complexity index is 1310. The van der Waals surface area contributed by atoms with Crippen LogP contribution in [0.25, 0.3) is 0 Å². The Morgan fingerprint density at radius 2 is 1.59 bits per heavy atom. The molecule has 1 aliphatic heterocycles. The average Bonchev–Trinajstić information content (AvgIpc) is 2.91. The Kier molecular flexibility index (Phi) is 9.30. The Labute approximate surface area is 242 Å². The summed E-state index contributed by atoms with van der Waals surface area (Å²) in [5.74, 6) is -0.718. The minimum Gasteiger partial charge on any atom is -0.484 e. The van der Waals surface area contributed by atoms with Gasteiger partial charge in [0.05, 0.1) is 0 Å². The van der Waals surface area contributed by atoms with Crippen molar-refractivity contribution in [2.45, 2.75) is 84.9 Å². The van der Waals surface area contributed by atoms with Gasteiger partial charge in [0.15, 0.2) is 17.1 Å². The number of halogens is 2. The number of nitrogens with zero attached hydrogens (tertiary/aromatic N) is 3. The van der Waals surface area contributed by atoms with Crippen molar-refractivity contribution < 1.29 is 23.0 Å². The van der Waals surface area contributed by atoms with Gasteiger partial charge in [-0.05, 0) is 68.2 Å². The summed E-state index contributed by atoms with van der Waals surface area (Å²) in [5, 5.41) is 0. The molecule has 2 heterocycles. The van der Waals surface area contributed by atoms with E-state index in [-0.39, 0.29) is 35.2 Å². The van der Waals surface area contributed by atoms with Crippen molar-refractivity contribution in [1.82, 2.24) is 9.97 Å². The first kappa shape index (κ1) is 30.4.